The van der Waals surface area contributed by atoms with Crippen LogP contribution >= 0.6 is 23.5 Å². The molecule has 0 spiro atoms. The Labute approximate surface area is 91.2 Å². The first-order chi connectivity index (χ1) is 6.72. The van der Waals surface area contributed by atoms with Crippen molar-refractivity contribution >= 4 is 29.4 Å². The second kappa shape index (κ2) is 3.78. The van der Waals surface area contributed by atoms with Crippen LogP contribution in [-0.4, -0.2) is 34.0 Å². The van der Waals surface area contributed by atoms with Gasteiger partial charge in [-0.05, 0) is 11.7 Å². The number of amides is 1. The van der Waals surface area contributed by atoms with E-state index in [2.05, 4.69) is 4.90 Å². The fourth-order valence-electron chi connectivity index (χ4n) is 1.50. The zero-order valence-corrected chi connectivity index (χ0v) is 9.35. The number of rotatable bonds is 3. The van der Waals surface area contributed by atoms with Crippen LogP contribution < -0.4 is 5.73 Å². The Balaban J connectivity index is 2.12. The third-order valence-corrected chi connectivity index (χ3v) is 3.75. The maximum absolute atomic E-state index is 10.8. The standard InChI is InChI=1S/C8H11N3OS2/c1-13-8-10(4-6(9)12)5-7-11(8)2-3-14-7/h2-3,5,8H,4H2,1H3,(H2,9,12). The fraction of sp³-hybridized carbons (Fsp3) is 0.375. The first kappa shape index (κ1) is 9.79. The van der Waals surface area contributed by atoms with Crippen molar-refractivity contribution in [3.05, 3.63) is 22.8 Å². The quantitative estimate of drug-likeness (QED) is 0.774. The Morgan fingerprint density at radius 1 is 1.79 bits per heavy atom. The van der Waals surface area contributed by atoms with Gasteiger partial charge in [-0.15, -0.1) is 11.8 Å². The van der Waals surface area contributed by atoms with Gasteiger partial charge in [0.2, 0.25) is 5.91 Å². The molecular weight excluding hydrogens is 218 g/mol. The van der Waals surface area contributed by atoms with E-state index in [9.17, 15) is 4.79 Å². The molecule has 1 amide bonds. The van der Waals surface area contributed by atoms with Crippen LogP contribution in [0.4, 0.5) is 0 Å². The van der Waals surface area contributed by atoms with E-state index in [4.69, 9.17) is 5.73 Å². The molecule has 0 fully saturated rings. The summed E-state index contributed by atoms with van der Waals surface area (Å²) in [7, 11) is 0. The van der Waals surface area contributed by atoms with Gasteiger partial charge in [0, 0.05) is 12.4 Å². The zero-order valence-electron chi connectivity index (χ0n) is 7.71. The van der Waals surface area contributed by atoms with E-state index >= 15 is 0 Å². The molecule has 4 nitrogen and oxygen atoms in total. The second-order valence-electron chi connectivity index (χ2n) is 2.98. The Morgan fingerprint density at radius 2 is 2.57 bits per heavy atom. The minimum absolute atomic E-state index is 0.170. The van der Waals surface area contributed by atoms with Crippen LogP contribution in [0.2, 0.25) is 0 Å². The first-order valence-electron chi connectivity index (χ1n) is 4.12. The SMILES string of the molecule is CSC1N(CC(N)=O)C=C2SC=CN21. The monoisotopic (exact) mass is 229 g/mol. The summed E-state index contributed by atoms with van der Waals surface area (Å²) < 4.78 is 0. The lowest BCUT2D eigenvalue weighted by Crippen LogP contribution is -2.38. The van der Waals surface area contributed by atoms with Crippen LogP contribution in [0.15, 0.2) is 22.8 Å². The van der Waals surface area contributed by atoms with E-state index < -0.39 is 0 Å². The number of hydrogen-bond acceptors (Lipinski definition) is 5. The molecule has 6 heteroatoms. The Morgan fingerprint density at radius 3 is 3.21 bits per heavy atom. The number of primary amides is 1. The van der Waals surface area contributed by atoms with Crippen molar-refractivity contribution in [2.24, 2.45) is 5.73 Å². The van der Waals surface area contributed by atoms with Crippen molar-refractivity contribution in [2.75, 3.05) is 12.8 Å². The Hall–Kier alpha value is -0.750. The molecule has 0 saturated carbocycles. The van der Waals surface area contributed by atoms with Gasteiger partial charge in [-0.25, -0.2) is 0 Å². The predicted molar refractivity (Wildman–Crippen MR) is 59.9 cm³/mol. The molecule has 0 bridgehead atoms. The van der Waals surface area contributed by atoms with Crippen LogP contribution in [0.3, 0.4) is 0 Å². The number of carbonyl (C=O) groups is 1. The van der Waals surface area contributed by atoms with Crippen LogP contribution in [0.5, 0.6) is 0 Å². The van der Waals surface area contributed by atoms with Crippen molar-refractivity contribution in [2.45, 2.75) is 5.50 Å². The molecule has 0 radical (unpaired) electrons. The van der Waals surface area contributed by atoms with E-state index in [-0.39, 0.29) is 17.9 Å². The lowest BCUT2D eigenvalue weighted by Gasteiger charge is -2.27. The van der Waals surface area contributed by atoms with Gasteiger partial charge in [0.1, 0.15) is 0 Å². The van der Waals surface area contributed by atoms with Crippen LogP contribution in [0.25, 0.3) is 0 Å². The van der Waals surface area contributed by atoms with Crippen molar-refractivity contribution in [3.63, 3.8) is 0 Å². The summed E-state index contributed by atoms with van der Waals surface area (Å²) in [6, 6.07) is 0. The van der Waals surface area contributed by atoms with E-state index in [1.165, 1.54) is 0 Å². The van der Waals surface area contributed by atoms with Crippen LogP contribution in [0, 0.1) is 0 Å². The zero-order chi connectivity index (χ0) is 10.1. The number of nitrogens with zero attached hydrogens (tertiary/aromatic N) is 2. The third kappa shape index (κ3) is 1.59. The highest BCUT2D eigenvalue weighted by atomic mass is 32.2. The summed E-state index contributed by atoms with van der Waals surface area (Å²) in [6.45, 7) is 0.278. The Bertz CT molecular complexity index is 316. The summed E-state index contributed by atoms with van der Waals surface area (Å²) in [5, 5.41) is 3.20. The molecule has 2 aliphatic rings. The summed E-state index contributed by atoms with van der Waals surface area (Å²) in [5.41, 5.74) is 5.35. The van der Waals surface area contributed by atoms with Gasteiger partial charge < -0.3 is 15.5 Å². The normalized spacial score (nSPS) is 24.1. The van der Waals surface area contributed by atoms with Crippen LogP contribution in [-0.2, 0) is 4.79 Å². The molecule has 0 aromatic heterocycles. The molecule has 0 aromatic carbocycles. The molecule has 1 unspecified atom stereocenters. The van der Waals surface area contributed by atoms with E-state index in [1.54, 1.807) is 23.5 Å². The van der Waals surface area contributed by atoms with E-state index in [0.29, 0.717) is 0 Å². The molecule has 0 saturated heterocycles. The number of thioether (sulfide) groups is 2. The minimum atomic E-state index is -0.295. The number of nitrogens with two attached hydrogens (primary N) is 1. The molecule has 0 aromatic rings. The molecule has 2 rings (SSSR count). The van der Waals surface area contributed by atoms with Crippen LogP contribution in [0.1, 0.15) is 0 Å². The topological polar surface area (TPSA) is 49.6 Å². The molecular formula is C8H11N3OS2. The lowest BCUT2D eigenvalue weighted by molar-refractivity contribution is -0.118. The fourth-order valence-corrected chi connectivity index (χ4v) is 3.19. The second-order valence-corrected chi connectivity index (χ2v) is 4.80. The molecule has 2 heterocycles. The van der Waals surface area contributed by atoms with Gasteiger partial charge in [0.05, 0.1) is 11.6 Å². The van der Waals surface area contributed by atoms with Gasteiger partial charge in [-0.2, -0.15) is 0 Å². The highest BCUT2D eigenvalue weighted by Crippen LogP contribution is 2.40. The van der Waals surface area contributed by atoms with E-state index in [1.807, 2.05) is 29.0 Å². The number of hydrogen-bond donors (Lipinski definition) is 1. The molecule has 2 N–H and O–H groups in total. The first-order valence-corrected chi connectivity index (χ1v) is 6.29. The smallest absolute Gasteiger partial charge is 0.237 e. The lowest BCUT2D eigenvalue weighted by atomic mass is 10.5. The van der Waals surface area contributed by atoms with Crippen molar-refractivity contribution in [3.8, 4) is 0 Å². The molecule has 1 atom stereocenters. The average molecular weight is 229 g/mol. The summed E-state index contributed by atoms with van der Waals surface area (Å²) >= 11 is 3.35. The van der Waals surface area contributed by atoms with Crippen molar-refractivity contribution in [1.82, 2.24) is 9.80 Å². The number of carbonyl (C=O) groups excluding carboxylic acids is 1. The summed E-state index contributed by atoms with van der Waals surface area (Å²) in [5.74, 6) is -0.295. The third-order valence-electron chi connectivity index (χ3n) is 2.01. The van der Waals surface area contributed by atoms with Gasteiger partial charge in [0.15, 0.2) is 5.50 Å². The highest BCUT2D eigenvalue weighted by molar-refractivity contribution is 8.06. The maximum atomic E-state index is 10.8. The number of fused-ring (bicyclic) bond motifs is 1. The van der Waals surface area contributed by atoms with Crippen molar-refractivity contribution in [1.29, 1.82) is 0 Å². The molecule has 0 aliphatic carbocycles. The largest absolute Gasteiger partial charge is 0.368 e. The molecule has 14 heavy (non-hydrogen) atoms. The summed E-state index contributed by atoms with van der Waals surface area (Å²) in [6.07, 6.45) is 6.03. The predicted octanol–water partition coefficient (Wildman–Crippen LogP) is 0.753. The Kier molecular flexibility index (Phi) is 2.64. The maximum Gasteiger partial charge on any atom is 0.237 e. The van der Waals surface area contributed by atoms with Gasteiger partial charge in [-0.3, -0.25) is 4.79 Å². The highest BCUT2D eigenvalue weighted by Gasteiger charge is 2.32. The summed E-state index contributed by atoms with van der Waals surface area (Å²) in [4.78, 5) is 14.9. The minimum Gasteiger partial charge on any atom is -0.368 e. The van der Waals surface area contributed by atoms with Crippen molar-refractivity contribution < 1.29 is 4.79 Å². The van der Waals surface area contributed by atoms with E-state index in [0.717, 1.165) is 5.03 Å². The molecule has 2 aliphatic heterocycles. The van der Waals surface area contributed by atoms with Gasteiger partial charge in [-0.1, -0.05) is 11.8 Å². The van der Waals surface area contributed by atoms with Gasteiger partial charge in [0.25, 0.3) is 0 Å². The molecule has 76 valence electrons. The average Bonchev–Trinajstić information content (AvgIpc) is 2.62. The van der Waals surface area contributed by atoms with Gasteiger partial charge >= 0.3 is 0 Å².